The lowest BCUT2D eigenvalue weighted by Gasteiger charge is -2.13. The highest BCUT2D eigenvalue weighted by molar-refractivity contribution is 7.89. The van der Waals surface area contributed by atoms with E-state index >= 15 is 0 Å². The molecule has 0 bridgehead atoms. The Balaban J connectivity index is 2.28. The van der Waals surface area contributed by atoms with Crippen LogP contribution in [0.15, 0.2) is 77.7 Å². The van der Waals surface area contributed by atoms with Crippen LogP contribution in [0.2, 0.25) is 0 Å². The molecule has 0 aliphatic rings. The van der Waals surface area contributed by atoms with Gasteiger partial charge in [-0.15, -0.1) is 0 Å². The first kappa shape index (κ1) is 15.5. The molecule has 0 unspecified atom stereocenters. The van der Waals surface area contributed by atoms with Crippen LogP contribution >= 0.6 is 0 Å². The van der Waals surface area contributed by atoms with Crippen LogP contribution in [-0.2, 0) is 10.0 Å². The fraction of sp³-hybridized carbons (Fsp3) is 0.0526. The van der Waals surface area contributed by atoms with Crippen molar-refractivity contribution < 1.29 is 8.42 Å². The quantitative estimate of drug-likeness (QED) is 0.792. The minimum absolute atomic E-state index is 0.139. The molecular weight excluding hydrogens is 306 g/mol. The van der Waals surface area contributed by atoms with Gasteiger partial charge in [0.1, 0.15) is 0 Å². The summed E-state index contributed by atoms with van der Waals surface area (Å²) in [6, 6.07) is 22.7. The number of hydrogen-bond acceptors (Lipinski definition) is 2. The molecule has 0 spiro atoms. The number of hydrogen-bond donors (Lipinski definition) is 1. The van der Waals surface area contributed by atoms with E-state index in [0.29, 0.717) is 5.56 Å². The number of primary sulfonamides is 1. The van der Waals surface area contributed by atoms with Gasteiger partial charge in [-0.3, -0.25) is 0 Å². The Morgan fingerprint density at radius 1 is 0.739 bits per heavy atom. The SMILES string of the molecule is Cc1cccc(-c2ccccc2-c2ccccc2S(N)(=O)=O)c1. The van der Waals surface area contributed by atoms with E-state index in [9.17, 15) is 8.42 Å². The van der Waals surface area contributed by atoms with Crippen molar-refractivity contribution in [2.45, 2.75) is 11.8 Å². The minimum atomic E-state index is -3.79. The van der Waals surface area contributed by atoms with Crippen molar-refractivity contribution in [1.29, 1.82) is 0 Å². The monoisotopic (exact) mass is 323 g/mol. The first-order valence-corrected chi connectivity index (χ1v) is 8.80. The molecule has 0 fully saturated rings. The lowest BCUT2D eigenvalue weighted by Crippen LogP contribution is -2.13. The Bertz CT molecular complexity index is 962. The van der Waals surface area contributed by atoms with Gasteiger partial charge in [0.15, 0.2) is 0 Å². The van der Waals surface area contributed by atoms with Crippen molar-refractivity contribution in [1.82, 2.24) is 0 Å². The first-order chi connectivity index (χ1) is 11.0. The predicted octanol–water partition coefficient (Wildman–Crippen LogP) is 3.98. The van der Waals surface area contributed by atoms with E-state index in [1.54, 1.807) is 12.1 Å². The fourth-order valence-corrected chi connectivity index (χ4v) is 3.47. The zero-order valence-corrected chi connectivity index (χ0v) is 13.5. The summed E-state index contributed by atoms with van der Waals surface area (Å²) in [5.41, 5.74) is 4.64. The summed E-state index contributed by atoms with van der Waals surface area (Å²) in [4.78, 5) is 0.139. The highest BCUT2D eigenvalue weighted by atomic mass is 32.2. The van der Waals surface area contributed by atoms with Gasteiger partial charge in [0, 0.05) is 5.56 Å². The largest absolute Gasteiger partial charge is 0.238 e. The van der Waals surface area contributed by atoms with Crippen LogP contribution in [0.3, 0.4) is 0 Å². The van der Waals surface area contributed by atoms with Gasteiger partial charge >= 0.3 is 0 Å². The highest BCUT2D eigenvalue weighted by Crippen LogP contribution is 2.35. The molecule has 0 heterocycles. The van der Waals surface area contributed by atoms with E-state index in [2.05, 4.69) is 6.07 Å². The molecule has 0 aromatic heterocycles. The molecule has 4 heteroatoms. The van der Waals surface area contributed by atoms with Crippen LogP contribution in [0, 0.1) is 6.92 Å². The molecule has 3 nitrogen and oxygen atoms in total. The molecule has 0 saturated heterocycles. The molecule has 0 saturated carbocycles. The number of aryl methyl sites for hydroxylation is 1. The van der Waals surface area contributed by atoms with E-state index in [1.165, 1.54) is 6.07 Å². The number of rotatable bonds is 3. The Kier molecular flexibility index (Phi) is 4.03. The Labute approximate surface area is 136 Å². The van der Waals surface area contributed by atoms with Gasteiger partial charge in [-0.25, -0.2) is 13.6 Å². The van der Waals surface area contributed by atoms with Gasteiger partial charge in [0.2, 0.25) is 10.0 Å². The summed E-state index contributed by atoms with van der Waals surface area (Å²) in [7, 11) is -3.79. The maximum absolute atomic E-state index is 11.9. The third-order valence-electron chi connectivity index (χ3n) is 3.74. The smallest absolute Gasteiger partial charge is 0.225 e. The molecule has 3 aromatic rings. The summed E-state index contributed by atoms with van der Waals surface area (Å²) in [5, 5.41) is 5.38. The van der Waals surface area contributed by atoms with E-state index < -0.39 is 10.0 Å². The van der Waals surface area contributed by atoms with Crippen molar-refractivity contribution >= 4 is 10.0 Å². The Morgan fingerprint density at radius 2 is 1.35 bits per heavy atom. The van der Waals surface area contributed by atoms with Gasteiger partial charge in [0.05, 0.1) is 4.90 Å². The van der Waals surface area contributed by atoms with E-state index in [1.807, 2.05) is 55.5 Å². The minimum Gasteiger partial charge on any atom is -0.225 e. The zero-order valence-electron chi connectivity index (χ0n) is 12.7. The van der Waals surface area contributed by atoms with Crippen LogP contribution in [0.25, 0.3) is 22.3 Å². The average Bonchev–Trinajstić information content (AvgIpc) is 2.54. The molecule has 0 radical (unpaired) electrons. The van der Waals surface area contributed by atoms with Crippen molar-refractivity contribution in [3.8, 4) is 22.3 Å². The highest BCUT2D eigenvalue weighted by Gasteiger charge is 2.17. The van der Waals surface area contributed by atoms with Gasteiger partial charge in [-0.2, -0.15) is 0 Å². The zero-order chi connectivity index (χ0) is 16.4. The topological polar surface area (TPSA) is 60.2 Å². The summed E-state index contributed by atoms with van der Waals surface area (Å²) in [6.07, 6.45) is 0. The van der Waals surface area contributed by atoms with Crippen LogP contribution in [0.5, 0.6) is 0 Å². The van der Waals surface area contributed by atoms with Crippen LogP contribution in [0.1, 0.15) is 5.56 Å². The molecule has 0 atom stereocenters. The third-order valence-corrected chi connectivity index (χ3v) is 4.71. The van der Waals surface area contributed by atoms with Crippen molar-refractivity contribution in [2.75, 3.05) is 0 Å². The normalized spacial score (nSPS) is 11.4. The first-order valence-electron chi connectivity index (χ1n) is 7.25. The second kappa shape index (κ2) is 5.99. The van der Waals surface area contributed by atoms with Crippen molar-refractivity contribution in [3.05, 3.63) is 78.4 Å². The van der Waals surface area contributed by atoms with Crippen molar-refractivity contribution in [2.24, 2.45) is 5.14 Å². The summed E-state index contributed by atoms with van der Waals surface area (Å²) >= 11 is 0. The molecule has 0 amide bonds. The maximum atomic E-state index is 11.9. The second-order valence-corrected chi connectivity index (χ2v) is 6.99. The molecule has 23 heavy (non-hydrogen) atoms. The van der Waals surface area contributed by atoms with Crippen LogP contribution < -0.4 is 5.14 Å². The molecular formula is C19H17NO2S. The molecule has 0 aliphatic heterocycles. The van der Waals surface area contributed by atoms with Gasteiger partial charge < -0.3 is 0 Å². The molecule has 0 aliphatic carbocycles. The van der Waals surface area contributed by atoms with Crippen LogP contribution in [0.4, 0.5) is 0 Å². The Morgan fingerprint density at radius 3 is 2.00 bits per heavy atom. The third kappa shape index (κ3) is 3.18. The summed E-state index contributed by atoms with van der Waals surface area (Å²) < 4.78 is 23.8. The van der Waals surface area contributed by atoms with E-state index in [0.717, 1.165) is 22.3 Å². The number of nitrogens with two attached hydrogens (primary N) is 1. The molecule has 3 rings (SSSR count). The average molecular weight is 323 g/mol. The number of benzene rings is 3. The van der Waals surface area contributed by atoms with E-state index in [4.69, 9.17) is 5.14 Å². The van der Waals surface area contributed by atoms with E-state index in [-0.39, 0.29) is 4.90 Å². The molecule has 2 N–H and O–H groups in total. The predicted molar refractivity (Wildman–Crippen MR) is 93.4 cm³/mol. The summed E-state index contributed by atoms with van der Waals surface area (Å²) in [6.45, 7) is 2.03. The lowest BCUT2D eigenvalue weighted by atomic mass is 9.94. The lowest BCUT2D eigenvalue weighted by molar-refractivity contribution is 0.598. The number of sulfonamides is 1. The molecule has 3 aromatic carbocycles. The van der Waals surface area contributed by atoms with Gasteiger partial charge in [0.25, 0.3) is 0 Å². The molecule has 116 valence electrons. The standard InChI is InChI=1S/C19H17NO2S/c1-14-7-6-8-15(13-14)16-9-2-3-10-17(16)18-11-4-5-12-19(18)23(20,21)22/h2-13H,1H3,(H2,20,21,22). The maximum Gasteiger partial charge on any atom is 0.238 e. The van der Waals surface area contributed by atoms with Crippen LogP contribution in [-0.4, -0.2) is 8.42 Å². The Hall–Kier alpha value is -2.43. The fourth-order valence-electron chi connectivity index (χ4n) is 2.72. The van der Waals surface area contributed by atoms with Crippen molar-refractivity contribution in [3.63, 3.8) is 0 Å². The van der Waals surface area contributed by atoms with Gasteiger partial charge in [-0.05, 0) is 29.7 Å². The second-order valence-electron chi connectivity index (χ2n) is 5.46. The summed E-state index contributed by atoms with van der Waals surface area (Å²) in [5.74, 6) is 0. The van der Waals surface area contributed by atoms with Gasteiger partial charge in [-0.1, -0.05) is 72.3 Å².